The van der Waals surface area contributed by atoms with Gasteiger partial charge in [-0.15, -0.1) is 23.7 Å². The lowest BCUT2D eigenvalue weighted by molar-refractivity contribution is -0.131. The number of nitrogens with zero attached hydrogens (tertiary/aromatic N) is 2. The lowest BCUT2D eigenvalue weighted by atomic mass is 10.0. The van der Waals surface area contributed by atoms with E-state index in [-0.39, 0.29) is 24.4 Å². The highest BCUT2D eigenvalue weighted by molar-refractivity contribution is 7.15. The molecule has 2 atom stereocenters. The summed E-state index contributed by atoms with van der Waals surface area (Å²) in [5.41, 5.74) is 1.14. The topological polar surface area (TPSA) is 23.6 Å². The van der Waals surface area contributed by atoms with Crippen molar-refractivity contribution in [2.45, 2.75) is 31.7 Å². The Morgan fingerprint density at radius 2 is 1.93 bits per heavy atom. The summed E-state index contributed by atoms with van der Waals surface area (Å²) >= 11 is 7.91. The normalized spacial score (nSPS) is 23.5. The average molecular weight is 425 g/mol. The van der Waals surface area contributed by atoms with Gasteiger partial charge in [0.15, 0.2) is 0 Å². The second-order valence-electron chi connectivity index (χ2n) is 7.47. The van der Waals surface area contributed by atoms with Crippen molar-refractivity contribution in [1.82, 2.24) is 9.80 Å². The molecular weight excluding hydrogens is 399 g/mol. The SMILES string of the molecule is CN1C(=O)[C@@H](CN2CCCCC2)C[C@H]1c1ccc(-c2cccc(Cl)c2)s1.Cl. The fourth-order valence-electron chi connectivity index (χ4n) is 4.21. The molecule has 1 amide bonds. The van der Waals surface area contributed by atoms with E-state index < -0.39 is 0 Å². The Balaban J connectivity index is 0.00000210. The van der Waals surface area contributed by atoms with E-state index in [0.717, 1.165) is 36.6 Å². The van der Waals surface area contributed by atoms with Crippen LogP contribution in [0.15, 0.2) is 36.4 Å². The summed E-state index contributed by atoms with van der Waals surface area (Å²) in [6.07, 6.45) is 4.81. The molecule has 1 aromatic carbocycles. The van der Waals surface area contributed by atoms with Gasteiger partial charge in [0.2, 0.25) is 5.91 Å². The van der Waals surface area contributed by atoms with Gasteiger partial charge in [0.1, 0.15) is 0 Å². The fourth-order valence-corrected chi connectivity index (χ4v) is 5.56. The Labute approximate surface area is 176 Å². The van der Waals surface area contributed by atoms with Gasteiger partial charge in [-0.3, -0.25) is 4.79 Å². The first-order valence-corrected chi connectivity index (χ1v) is 10.7. The molecule has 6 heteroatoms. The van der Waals surface area contributed by atoms with Gasteiger partial charge in [-0.05, 0) is 62.2 Å². The number of halogens is 2. The molecule has 0 bridgehead atoms. The van der Waals surface area contributed by atoms with Crippen LogP contribution in [0.4, 0.5) is 0 Å². The maximum atomic E-state index is 12.8. The molecule has 27 heavy (non-hydrogen) atoms. The molecule has 2 aliphatic heterocycles. The average Bonchev–Trinajstić information content (AvgIpc) is 3.24. The van der Waals surface area contributed by atoms with Crippen LogP contribution in [0.3, 0.4) is 0 Å². The van der Waals surface area contributed by atoms with Gasteiger partial charge in [0, 0.05) is 28.4 Å². The van der Waals surface area contributed by atoms with Gasteiger partial charge in [0.05, 0.1) is 12.0 Å². The van der Waals surface area contributed by atoms with Crippen LogP contribution in [0.5, 0.6) is 0 Å². The van der Waals surface area contributed by atoms with Crippen molar-refractivity contribution in [3.05, 3.63) is 46.3 Å². The predicted octanol–water partition coefficient (Wildman–Crippen LogP) is 5.50. The molecule has 0 spiro atoms. The Hall–Kier alpha value is -1.07. The lowest BCUT2D eigenvalue weighted by Crippen LogP contribution is -2.36. The van der Waals surface area contributed by atoms with E-state index in [4.69, 9.17) is 11.6 Å². The van der Waals surface area contributed by atoms with Crippen LogP contribution < -0.4 is 0 Å². The van der Waals surface area contributed by atoms with Crippen LogP contribution >= 0.6 is 35.3 Å². The molecule has 2 aliphatic rings. The molecule has 2 fully saturated rings. The molecule has 2 saturated heterocycles. The number of benzene rings is 1. The third kappa shape index (κ3) is 4.51. The fraction of sp³-hybridized carbons (Fsp3) is 0.476. The van der Waals surface area contributed by atoms with Gasteiger partial charge in [-0.1, -0.05) is 30.2 Å². The first kappa shape index (κ1) is 20.7. The quantitative estimate of drug-likeness (QED) is 0.646. The van der Waals surface area contributed by atoms with E-state index in [2.05, 4.69) is 23.1 Å². The van der Waals surface area contributed by atoms with Crippen molar-refractivity contribution in [2.24, 2.45) is 5.92 Å². The van der Waals surface area contributed by atoms with Crippen molar-refractivity contribution in [1.29, 1.82) is 0 Å². The number of piperidine rings is 1. The van der Waals surface area contributed by atoms with Crippen LogP contribution in [0.25, 0.3) is 10.4 Å². The predicted molar refractivity (Wildman–Crippen MR) is 116 cm³/mol. The van der Waals surface area contributed by atoms with E-state index in [1.54, 1.807) is 11.3 Å². The lowest BCUT2D eigenvalue weighted by Gasteiger charge is -2.28. The number of hydrogen-bond acceptors (Lipinski definition) is 3. The maximum Gasteiger partial charge on any atom is 0.227 e. The molecule has 3 nitrogen and oxygen atoms in total. The molecule has 0 unspecified atom stereocenters. The molecular formula is C21H26Cl2N2OS. The summed E-state index contributed by atoms with van der Waals surface area (Å²) in [6.45, 7) is 3.22. The van der Waals surface area contributed by atoms with Crippen LogP contribution in [0.1, 0.15) is 36.6 Å². The van der Waals surface area contributed by atoms with Gasteiger partial charge in [0.25, 0.3) is 0 Å². The molecule has 146 valence electrons. The van der Waals surface area contributed by atoms with Gasteiger partial charge in [-0.2, -0.15) is 0 Å². The Bertz CT molecular complexity index is 788. The maximum absolute atomic E-state index is 12.8. The monoisotopic (exact) mass is 424 g/mol. The number of hydrogen-bond donors (Lipinski definition) is 0. The molecule has 0 aliphatic carbocycles. The van der Waals surface area contributed by atoms with Crippen LogP contribution in [0, 0.1) is 5.92 Å². The van der Waals surface area contributed by atoms with E-state index in [0.29, 0.717) is 5.91 Å². The van der Waals surface area contributed by atoms with Gasteiger partial charge in [-0.25, -0.2) is 0 Å². The third-order valence-corrected chi connectivity index (χ3v) is 7.13. The highest BCUT2D eigenvalue weighted by atomic mass is 35.5. The first-order valence-electron chi connectivity index (χ1n) is 9.46. The summed E-state index contributed by atoms with van der Waals surface area (Å²) in [7, 11) is 1.96. The summed E-state index contributed by atoms with van der Waals surface area (Å²) in [4.78, 5) is 19.7. The zero-order valence-corrected chi connectivity index (χ0v) is 18.0. The Kier molecular flexibility index (Phi) is 6.85. The number of carbonyl (C=O) groups is 1. The molecule has 0 saturated carbocycles. The zero-order chi connectivity index (χ0) is 18.1. The van der Waals surface area contributed by atoms with Crippen LogP contribution in [-0.4, -0.2) is 42.4 Å². The van der Waals surface area contributed by atoms with Crippen LogP contribution in [0.2, 0.25) is 5.02 Å². The minimum atomic E-state index is 0. The van der Waals surface area contributed by atoms with E-state index in [9.17, 15) is 4.79 Å². The van der Waals surface area contributed by atoms with E-state index in [1.807, 2.05) is 30.1 Å². The summed E-state index contributed by atoms with van der Waals surface area (Å²) in [5.74, 6) is 0.443. The minimum absolute atomic E-state index is 0. The number of thiophene rings is 1. The van der Waals surface area contributed by atoms with Crippen molar-refractivity contribution in [3.8, 4) is 10.4 Å². The Morgan fingerprint density at radius 1 is 1.15 bits per heavy atom. The molecule has 1 aromatic heterocycles. The largest absolute Gasteiger partial charge is 0.338 e. The van der Waals surface area contributed by atoms with Crippen molar-refractivity contribution in [2.75, 3.05) is 26.7 Å². The number of likely N-dealkylation sites (tertiary alicyclic amines) is 2. The van der Waals surface area contributed by atoms with Crippen molar-refractivity contribution < 1.29 is 4.79 Å². The smallest absolute Gasteiger partial charge is 0.227 e. The van der Waals surface area contributed by atoms with Crippen molar-refractivity contribution >= 4 is 41.3 Å². The summed E-state index contributed by atoms with van der Waals surface area (Å²) in [6, 6.07) is 12.5. The second kappa shape index (κ2) is 8.95. The highest BCUT2D eigenvalue weighted by Crippen LogP contribution is 2.41. The third-order valence-electron chi connectivity index (χ3n) is 5.66. The second-order valence-corrected chi connectivity index (χ2v) is 9.02. The summed E-state index contributed by atoms with van der Waals surface area (Å²) in [5, 5.41) is 0.757. The number of amides is 1. The Morgan fingerprint density at radius 3 is 2.67 bits per heavy atom. The zero-order valence-electron chi connectivity index (χ0n) is 15.6. The summed E-state index contributed by atoms with van der Waals surface area (Å²) < 4.78 is 0. The van der Waals surface area contributed by atoms with Gasteiger partial charge >= 0.3 is 0 Å². The molecule has 2 aromatic rings. The molecule has 0 radical (unpaired) electrons. The molecule has 0 N–H and O–H groups in total. The number of rotatable bonds is 4. The van der Waals surface area contributed by atoms with E-state index in [1.165, 1.54) is 29.0 Å². The van der Waals surface area contributed by atoms with Crippen molar-refractivity contribution in [3.63, 3.8) is 0 Å². The first-order chi connectivity index (χ1) is 12.6. The number of carbonyl (C=O) groups excluding carboxylic acids is 1. The molecule has 3 heterocycles. The van der Waals surface area contributed by atoms with E-state index >= 15 is 0 Å². The molecule has 4 rings (SSSR count). The van der Waals surface area contributed by atoms with Crippen LogP contribution in [-0.2, 0) is 4.79 Å². The highest BCUT2D eigenvalue weighted by Gasteiger charge is 2.39. The minimum Gasteiger partial charge on any atom is -0.338 e. The van der Waals surface area contributed by atoms with Gasteiger partial charge < -0.3 is 9.80 Å². The standard InChI is InChI=1S/C21H25ClN2OS.ClH/c1-23-18(13-16(21(23)25)14-24-10-3-2-4-11-24)20-9-8-19(26-20)15-6-5-7-17(22)12-15;/h5-9,12,16,18H,2-4,10-11,13-14H2,1H3;1H/t16-,18+;/m1./s1.